The summed E-state index contributed by atoms with van der Waals surface area (Å²) in [6.07, 6.45) is 3.29. The van der Waals surface area contributed by atoms with Crippen LogP contribution in [0.15, 0.2) is 18.2 Å². The van der Waals surface area contributed by atoms with Crippen molar-refractivity contribution in [1.29, 1.82) is 0 Å². The molecule has 114 valence electrons. The Kier molecular flexibility index (Phi) is 3.95. The van der Waals surface area contributed by atoms with Crippen molar-refractivity contribution in [3.8, 4) is 0 Å². The first kappa shape index (κ1) is 14.5. The molecule has 1 aliphatic heterocycles. The fourth-order valence-electron chi connectivity index (χ4n) is 3.04. The number of amides is 1. The minimum Gasteiger partial charge on any atom is -0.349 e. The smallest absolute Gasteiger partial charge is 0.251 e. The van der Waals surface area contributed by atoms with E-state index in [-0.39, 0.29) is 17.8 Å². The van der Waals surface area contributed by atoms with Gasteiger partial charge in [0.05, 0.1) is 13.2 Å². The van der Waals surface area contributed by atoms with Crippen molar-refractivity contribution in [2.24, 2.45) is 0 Å². The number of nitrogens with one attached hydrogen (secondary N) is 1. The highest BCUT2D eigenvalue weighted by atomic mass is 19.1. The lowest BCUT2D eigenvalue weighted by molar-refractivity contribution is -0.179. The Morgan fingerprint density at radius 2 is 1.95 bits per heavy atom. The average Bonchev–Trinajstić information content (AvgIpc) is 2.93. The molecule has 1 saturated carbocycles. The zero-order valence-electron chi connectivity index (χ0n) is 12.2. The zero-order chi connectivity index (χ0) is 14.9. The van der Waals surface area contributed by atoms with E-state index in [4.69, 9.17) is 9.47 Å². The van der Waals surface area contributed by atoms with Gasteiger partial charge in [-0.1, -0.05) is 0 Å². The van der Waals surface area contributed by atoms with Crippen molar-refractivity contribution in [2.45, 2.75) is 44.4 Å². The third kappa shape index (κ3) is 3.09. The molecular weight excluding hydrogens is 273 g/mol. The minimum atomic E-state index is -0.409. The predicted octanol–water partition coefficient (Wildman–Crippen LogP) is 2.55. The van der Waals surface area contributed by atoms with Crippen LogP contribution < -0.4 is 5.32 Å². The lowest BCUT2D eigenvalue weighted by Crippen LogP contribution is -2.44. The lowest BCUT2D eigenvalue weighted by Gasteiger charge is -2.35. The number of hydrogen-bond donors (Lipinski definition) is 1. The Balaban J connectivity index is 1.57. The van der Waals surface area contributed by atoms with Gasteiger partial charge in [-0.15, -0.1) is 0 Å². The molecule has 1 heterocycles. The topological polar surface area (TPSA) is 47.6 Å². The van der Waals surface area contributed by atoms with Crippen molar-refractivity contribution in [1.82, 2.24) is 5.32 Å². The van der Waals surface area contributed by atoms with E-state index in [1.54, 1.807) is 13.0 Å². The first-order valence-electron chi connectivity index (χ1n) is 7.43. The Labute approximate surface area is 123 Å². The second-order valence-electron chi connectivity index (χ2n) is 5.82. The molecule has 1 N–H and O–H groups in total. The van der Waals surface area contributed by atoms with E-state index in [1.165, 1.54) is 12.1 Å². The highest BCUT2D eigenvalue weighted by molar-refractivity contribution is 5.94. The van der Waals surface area contributed by atoms with E-state index >= 15 is 0 Å². The molecule has 1 aromatic rings. The summed E-state index contributed by atoms with van der Waals surface area (Å²) in [6, 6.07) is 4.56. The molecule has 0 unspecified atom stereocenters. The Hall–Kier alpha value is -1.46. The summed E-state index contributed by atoms with van der Waals surface area (Å²) < 4.78 is 24.6. The average molecular weight is 293 g/mol. The molecule has 5 heteroatoms. The molecule has 0 radical (unpaired) electrons. The van der Waals surface area contributed by atoms with Crippen LogP contribution in [0.3, 0.4) is 0 Å². The summed E-state index contributed by atoms with van der Waals surface area (Å²) in [5, 5.41) is 3.02. The number of aryl methyl sites for hydroxylation is 1. The van der Waals surface area contributed by atoms with E-state index in [0.29, 0.717) is 24.3 Å². The molecule has 0 bridgehead atoms. The maximum Gasteiger partial charge on any atom is 0.251 e. The highest BCUT2D eigenvalue weighted by Gasteiger charge is 2.40. The fraction of sp³-hybridized carbons (Fsp3) is 0.562. The lowest BCUT2D eigenvalue weighted by atomic mass is 9.90. The summed E-state index contributed by atoms with van der Waals surface area (Å²) >= 11 is 0. The number of ether oxygens (including phenoxy) is 2. The third-order valence-corrected chi connectivity index (χ3v) is 4.32. The monoisotopic (exact) mass is 293 g/mol. The standard InChI is InChI=1S/C16H20FNO3/c1-11-10-12(2-3-14(11)17)15(19)18-13-4-6-16(7-5-13)20-8-9-21-16/h2-3,10,13H,4-9H2,1H3,(H,18,19). The van der Waals surface area contributed by atoms with Gasteiger partial charge in [-0.05, 0) is 43.5 Å². The Morgan fingerprint density at radius 3 is 2.57 bits per heavy atom. The van der Waals surface area contributed by atoms with Gasteiger partial charge in [0.25, 0.3) is 5.91 Å². The van der Waals surface area contributed by atoms with Gasteiger partial charge >= 0.3 is 0 Å². The van der Waals surface area contributed by atoms with Crippen molar-refractivity contribution < 1.29 is 18.7 Å². The van der Waals surface area contributed by atoms with Gasteiger partial charge < -0.3 is 14.8 Å². The highest BCUT2D eigenvalue weighted by Crippen LogP contribution is 2.35. The van der Waals surface area contributed by atoms with Gasteiger partial charge in [0.15, 0.2) is 5.79 Å². The summed E-state index contributed by atoms with van der Waals surface area (Å²) in [5.74, 6) is -0.845. The summed E-state index contributed by atoms with van der Waals surface area (Å²) in [7, 11) is 0. The molecule has 2 fully saturated rings. The number of rotatable bonds is 2. The van der Waals surface area contributed by atoms with Gasteiger partial charge in [-0.2, -0.15) is 0 Å². The van der Waals surface area contributed by atoms with Crippen molar-refractivity contribution in [3.63, 3.8) is 0 Å². The Bertz CT molecular complexity index is 530. The van der Waals surface area contributed by atoms with E-state index in [0.717, 1.165) is 25.7 Å². The first-order valence-corrected chi connectivity index (χ1v) is 7.43. The molecule has 0 atom stereocenters. The molecule has 1 amide bonds. The largest absolute Gasteiger partial charge is 0.349 e. The van der Waals surface area contributed by atoms with Crippen LogP contribution in [0.5, 0.6) is 0 Å². The fourth-order valence-corrected chi connectivity index (χ4v) is 3.04. The number of carbonyl (C=O) groups is 1. The van der Waals surface area contributed by atoms with Crippen molar-refractivity contribution >= 4 is 5.91 Å². The maximum absolute atomic E-state index is 13.2. The molecule has 3 rings (SSSR count). The SMILES string of the molecule is Cc1cc(C(=O)NC2CCC3(CC2)OCCO3)ccc1F. The second-order valence-corrected chi connectivity index (χ2v) is 5.82. The normalized spacial score (nSPS) is 21.6. The van der Waals surface area contributed by atoms with Gasteiger partial charge in [0.2, 0.25) is 0 Å². The molecule has 21 heavy (non-hydrogen) atoms. The quantitative estimate of drug-likeness (QED) is 0.911. The van der Waals surface area contributed by atoms with Crippen LogP contribution in [0.1, 0.15) is 41.6 Å². The zero-order valence-corrected chi connectivity index (χ0v) is 12.2. The summed E-state index contributed by atoms with van der Waals surface area (Å²) in [5.41, 5.74) is 0.987. The molecule has 2 aliphatic rings. The second kappa shape index (κ2) is 5.73. The van der Waals surface area contributed by atoms with Crippen LogP contribution >= 0.6 is 0 Å². The summed E-state index contributed by atoms with van der Waals surface area (Å²) in [6.45, 7) is 2.98. The molecule has 1 saturated heterocycles. The first-order chi connectivity index (χ1) is 10.1. The van der Waals surface area contributed by atoms with Crippen LogP contribution in [0.25, 0.3) is 0 Å². The summed E-state index contributed by atoms with van der Waals surface area (Å²) in [4.78, 5) is 12.2. The third-order valence-electron chi connectivity index (χ3n) is 4.32. The van der Waals surface area contributed by atoms with Gasteiger partial charge in [-0.25, -0.2) is 4.39 Å². The van der Waals surface area contributed by atoms with Crippen LogP contribution in [0.4, 0.5) is 4.39 Å². The van der Waals surface area contributed by atoms with Crippen LogP contribution in [-0.2, 0) is 9.47 Å². The van der Waals surface area contributed by atoms with E-state index < -0.39 is 5.79 Å². The van der Waals surface area contributed by atoms with Crippen LogP contribution in [-0.4, -0.2) is 30.9 Å². The molecular formula is C16H20FNO3. The maximum atomic E-state index is 13.2. The van der Waals surface area contributed by atoms with Crippen LogP contribution in [0.2, 0.25) is 0 Å². The number of benzene rings is 1. The van der Waals surface area contributed by atoms with Crippen LogP contribution in [0, 0.1) is 12.7 Å². The molecule has 1 aliphatic carbocycles. The Morgan fingerprint density at radius 1 is 1.29 bits per heavy atom. The minimum absolute atomic E-state index is 0.126. The molecule has 4 nitrogen and oxygen atoms in total. The van der Waals surface area contributed by atoms with Crippen molar-refractivity contribution in [3.05, 3.63) is 35.1 Å². The van der Waals surface area contributed by atoms with E-state index in [2.05, 4.69) is 5.32 Å². The van der Waals surface area contributed by atoms with E-state index in [1.807, 2.05) is 0 Å². The van der Waals surface area contributed by atoms with Crippen molar-refractivity contribution in [2.75, 3.05) is 13.2 Å². The van der Waals surface area contributed by atoms with Gasteiger partial charge in [0, 0.05) is 24.4 Å². The van der Waals surface area contributed by atoms with E-state index in [9.17, 15) is 9.18 Å². The predicted molar refractivity (Wildman–Crippen MR) is 75.5 cm³/mol. The number of carbonyl (C=O) groups excluding carboxylic acids is 1. The van der Waals surface area contributed by atoms with Gasteiger partial charge in [-0.3, -0.25) is 4.79 Å². The molecule has 1 spiro atoms. The molecule has 1 aromatic carbocycles. The number of halogens is 1. The number of hydrogen-bond acceptors (Lipinski definition) is 3. The molecule has 0 aromatic heterocycles. The van der Waals surface area contributed by atoms with Gasteiger partial charge in [0.1, 0.15) is 5.82 Å².